The van der Waals surface area contributed by atoms with Crippen LogP contribution in [0, 0.1) is 0 Å². The molecule has 0 saturated heterocycles. The maximum absolute atomic E-state index is 13.1. The topological polar surface area (TPSA) is 99.0 Å². The SMILES string of the molecule is CCCCCCSc1n[n+]2c(c(=O)[nH]1)-c1ccccc1N[C@H]2c1ccc(C(=O)O)cc1. The third kappa shape index (κ3) is 4.49. The molecule has 0 fully saturated rings. The van der Waals surface area contributed by atoms with Gasteiger partial charge in [0.15, 0.2) is 0 Å². The molecule has 0 amide bonds. The van der Waals surface area contributed by atoms with Crippen molar-refractivity contribution in [1.29, 1.82) is 0 Å². The molecule has 0 unspecified atom stereocenters. The van der Waals surface area contributed by atoms with Crippen LogP contribution < -0.4 is 15.6 Å². The number of carboxylic acid groups (broad SMARTS) is 1. The average molecular weight is 438 g/mol. The molecule has 2 aromatic carbocycles. The van der Waals surface area contributed by atoms with Crippen molar-refractivity contribution in [2.75, 3.05) is 11.1 Å². The van der Waals surface area contributed by atoms with E-state index in [4.69, 9.17) is 5.10 Å². The van der Waals surface area contributed by atoms with Crippen LogP contribution in [0.4, 0.5) is 5.69 Å². The van der Waals surface area contributed by atoms with Gasteiger partial charge in [0.2, 0.25) is 5.16 Å². The molecule has 1 atom stereocenters. The van der Waals surface area contributed by atoms with E-state index in [1.807, 2.05) is 24.3 Å². The fourth-order valence-corrected chi connectivity index (χ4v) is 4.54. The number of fused-ring (bicyclic) bond motifs is 3. The zero-order chi connectivity index (χ0) is 21.8. The Morgan fingerprint density at radius 2 is 1.90 bits per heavy atom. The van der Waals surface area contributed by atoms with Gasteiger partial charge in [-0.05, 0) is 47.5 Å². The summed E-state index contributed by atoms with van der Waals surface area (Å²) in [6.07, 6.45) is 4.21. The maximum atomic E-state index is 13.1. The van der Waals surface area contributed by atoms with Crippen LogP contribution in [0.2, 0.25) is 0 Å². The van der Waals surface area contributed by atoms with Crippen LogP contribution in [0.25, 0.3) is 11.3 Å². The van der Waals surface area contributed by atoms with E-state index in [1.165, 1.54) is 19.3 Å². The molecule has 0 spiro atoms. The maximum Gasteiger partial charge on any atom is 0.335 e. The van der Waals surface area contributed by atoms with Gasteiger partial charge in [-0.3, -0.25) is 9.78 Å². The van der Waals surface area contributed by atoms with Gasteiger partial charge in [0, 0.05) is 16.4 Å². The first-order valence-electron chi connectivity index (χ1n) is 10.5. The van der Waals surface area contributed by atoms with Crippen LogP contribution in [0.15, 0.2) is 58.5 Å². The van der Waals surface area contributed by atoms with E-state index in [-0.39, 0.29) is 11.1 Å². The lowest BCUT2D eigenvalue weighted by Crippen LogP contribution is -2.55. The molecule has 31 heavy (non-hydrogen) atoms. The van der Waals surface area contributed by atoms with Crippen LogP contribution in [0.1, 0.15) is 54.7 Å². The highest BCUT2D eigenvalue weighted by molar-refractivity contribution is 7.99. The number of carbonyl (C=O) groups is 1. The normalized spacial score (nSPS) is 14.4. The molecule has 2 heterocycles. The standard InChI is InChI=1S/C23H24N4O3S/c1-2-3-4-7-14-31-23-25-21(28)19-17-8-5-6-9-18(17)24-20(27(19)26-23)15-10-12-16(13-11-15)22(29)30/h5-6,8-13,20H,2-4,7,14H2,1H3,(H2,25,26,28,29,30)/p+1/t20-/m1/s1. The first-order chi connectivity index (χ1) is 15.1. The molecule has 1 aromatic heterocycles. The molecule has 8 heteroatoms. The molecule has 0 radical (unpaired) electrons. The third-order valence-electron chi connectivity index (χ3n) is 5.29. The van der Waals surface area contributed by atoms with Crippen LogP contribution in [0.3, 0.4) is 0 Å². The van der Waals surface area contributed by atoms with Crippen LogP contribution >= 0.6 is 11.8 Å². The molecule has 1 aliphatic heterocycles. The molecular formula is C23H25N4O3S+. The van der Waals surface area contributed by atoms with E-state index in [0.717, 1.165) is 29.0 Å². The number of nitrogens with zero attached hydrogens (tertiary/aromatic N) is 2. The highest BCUT2D eigenvalue weighted by Gasteiger charge is 2.37. The number of benzene rings is 2. The third-order valence-corrected chi connectivity index (χ3v) is 6.24. The summed E-state index contributed by atoms with van der Waals surface area (Å²) in [4.78, 5) is 27.2. The quantitative estimate of drug-likeness (QED) is 0.279. The number of nitrogens with one attached hydrogen (secondary N) is 2. The fourth-order valence-electron chi connectivity index (χ4n) is 3.68. The number of aromatic nitrogens is 3. The van der Waals surface area contributed by atoms with Crippen molar-refractivity contribution in [3.8, 4) is 11.3 Å². The fraction of sp³-hybridized carbons (Fsp3) is 0.304. The van der Waals surface area contributed by atoms with Crippen LogP contribution in [-0.2, 0) is 0 Å². The Balaban J connectivity index is 1.72. The van der Waals surface area contributed by atoms with Crippen molar-refractivity contribution in [3.05, 3.63) is 70.0 Å². The van der Waals surface area contributed by atoms with E-state index in [2.05, 4.69) is 17.2 Å². The lowest BCUT2D eigenvalue weighted by Gasteiger charge is -2.22. The molecule has 1 aliphatic rings. The number of hydrogen-bond acceptors (Lipinski definition) is 5. The Labute approximate surface area is 184 Å². The first-order valence-corrected chi connectivity index (χ1v) is 11.4. The van der Waals surface area contributed by atoms with E-state index in [0.29, 0.717) is 10.9 Å². The van der Waals surface area contributed by atoms with Crippen molar-refractivity contribution in [1.82, 2.24) is 10.1 Å². The van der Waals surface area contributed by atoms with E-state index in [9.17, 15) is 14.7 Å². The summed E-state index contributed by atoms with van der Waals surface area (Å²) in [6.45, 7) is 2.18. The van der Waals surface area contributed by atoms with Gasteiger partial charge in [-0.1, -0.05) is 50.1 Å². The van der Waals surface area contributed by atoms with Crippen molar-refractivity contribution >= 4 is 23.4 Å². The average Bonchev–Trinajstić information content (AvgIpc) is 2.78. The lowest BCUT2D eigenvalue weighted by atomic mass is 10.0. The van der Waals surface area contributed by atoms with Crippen molar-refractivity contribution in [2.45, 2.75) is 43.9 Å². The largest absolute Gasteiger partial charge is 0.478 e. The smallest absolute Gasteiger partial charge is 0.335 e. The zero-order valence-corrected chi connectivity index (χ0v) is 18.1. The Bertz CT molecular complexity index is 1140. The number of unbranched alkanes of at least 4 members (excludes halogenated alkanes) is 3. The molecule has 4 rings (SSSR count). The van der Waals surface area contributed by atoms with Gasteiger partial charge in [0.05, 0.1) is 16.8 Å². The van der Waals surface area contributed by atoms with E-state index < -0.39 is 12.1 Å². The van der Waals surface area contributed by atoms with Gasteiger partial charge in [0.25, 0.3) is 6.17 Å². The number of aromatic amines is 1. The minimum atomic E-state index is -0.974. The van der Waals surface area contributed by atoms with Gasteiger partial charge in [0.1, 0.15) is 0 Å². The number of aromatic carboxylic acids is 1. The highest BCUT2D eigenvalue weighted by Crippen LogP contribution is 2.31. The Hall–Kier alpha value is -3.13. The minimum absolute atomic E-state index is 0.188. The molecule has 0 saturated carbocycles. The number of rotatable bonds is 8. The van der Waals surface area contributed by atoms with Gasteiger partial charge in [-0.25, -0.2) is 4.79 Å². The minimum Gasteiger partial charge on any atom is -0.478 e. The summed E-state index contributed by atoms with van der Waals surface area (Å²) in [7, 11) is 0. The van der Waals surface area contributed by atoms with Crippen LogP contribution in [0.5, 0.6) is 0 Å². The summed E-state index contributed by atoms with van der Waals surface area (Å²) in [5.74, 6) is -0.0811. The zero-order valence-electron chi connectivity index (χ0n) is 17.3. The number of H-pyrrole nitrogens is 1. The second-order valence-corrected chi connectivity index (χ2v) is 8.56. The monoisotopic (exact) mass is 437 g/mol. The molecule has 0 bridgehead atoms. The molecule has 3 aromatic rings. The van der Waals surface area contributed by atoms with E-state index in [1.54, 1.807) is 40.7 Å². The Kier molecular flexibility index (Phi) is 6.36. The molecule has 160 valence electrons. The first kappa shape index (κ1) is 21.1. The van der Waals surface area contributed by atoms with Crippen molar-refractivity contribution in [3.63, 3.8) is 0 Å². The summed E-state index contributed by atoms with van der Waals surface area (Å²) in [5.41, 5.74) is 2.95. The molecule has 3 N–H and O–H groups in total. The summed E-state index contributed by atoms with van der Waals surface area (Å²) in [5, 5.41) is 18.0. The summed E-state index contributed by atoms with van der Waals surface area (Å²) >= 11 is 1.55. The van der Waals surface area contributed by atoms with Gasteiger partial charge < -0.3 is 10.4 Å². The second-order valence-electron chi connectivity index (χ2n) is 7.48. The number of carboxylic acids is 1. The summed E-state index contributed by atoms with van der Waals surface area (Å²) < 4.78 is 1.71. The van der Waals surface area contributed by atoms with Crippen LogP contribution in [-0.4, -0.2) is 26.9 Å². The number of anilines is 1. The predicted molar refractivity (Wildman–Crippen MR) is 121 cm³/mol. The van der Waals surface area contributed by atoms with Gasteiger partial charge in [-0.15, -0.1) is 0 Å². The predicted octanol–water partition coefficient (Wildman–Crippen LogP) is 4.07. The number of thioether (sulfide) groups is 1. The molecular weight excluding hydrogens is 412 g/mol. The molecule has 7 nitrogen and oxygen atoms in total. The van der Waals surface area contributed by atoms with Crippen molar-refractivity contribution < 1.29 is 14.6 Å². The summed E-state index contributed by atoms with van der Waals surface area (Å²) in [6, 6.07) is 14.3. The lowest BCUT2D eigenvalue weighted by molar-refractivity contribution is -0.759. The Morgan fingerprint density at radius 1 is 1.13 bits per heavy atom. The molecule has 0 aliphatic carbocycles. The van der Waals surface area contributed by atoms with Gasteiger partial charge >= 0.3 is 17.2 Å². The number of para-hydroxylation sites is 1. The van der Waals surface area contributed by atoms with Crippen molar-refractivity contribution in [2.24, 2.45) is 0 Å². The highest BCUT2D eigenvalue weighted by atomic mass is 32.2. The second kappa shape index (κ2) is 9.34. The Morgan fingerprint density at radius 3 is 2.65 bits per heavy atom. The number of hydrogen-bond donors (Lipinski definition) is 3. The van der Waals surface area contributed by atoms with Gasteiger partial charge in [-0.2, -0.15) is 0 Å². The van der Waals surface area contributed by atoms with E-state index >= 15 is 0 Å².